The SMILES string of the molecule is CC(CNc1ccncc1N)C1CC1. The number of nitrogens with zero attached hydrogens (tertiary/aromatic N) is 1. The van der Waals surface area contributed by atoms with Crippen molar-refractivity contribution in [1.82, 2.24) is 4.98 Å². The highest BCUT2D eigenvalue weighted by molar-refractivity contribution is 5.64. The number of pyridine rings is 1. The average Bonchev–Trinajstić information content (AvgIpc) is 2.99. The molecule has 1 heterocycles. The molecule has 0 aromatic carbocycles. The van der Waals surface area contributed by atoms with Gasteiger partial charge in [0.15, 0.2) is 0 Å². The Kier molecular flexibility index (Phi) is 2.57. The van der Waals surface area contributed by atoms with E-state index in [2.05, 4.69) is 17.2 Å². The third-order valence-corrected chi connectivity index (χ3v) is 2.89. The monoisotopic (exact) mass is 191 g/mol. The van der Waals surface area contributed by atoms with Crippen molar-refractivity contribution >= 4 is 11.4 Å². The van der Waals surface area contributed by atoms with Crippen molar-refractivity contribution in [2.45, 2.75) is 19.8 Å². The lowest BCUT2D eigenvalue weighted by Gasteiger charge is -2.13. The maximum atomic E-state index is 5.77. The number of nitrogen functional groups attached to an aromatic ring is 1. The van der Waals surface area contributed by atoms with Crippen LogP contribution in [0.15, 0.2) is 18.5 Å². The lowest BCUT2D eigenvalue weighted by molar-refractivity contribution is 0.537. The van der Waals surface area contributed by atoms with Crippen LogP contribution in [0.3, 0.4) is 0 Å². The fourth-order valence-electron chi connectivity index (χ4n) is 1.67. The van der Waals surface area contributed by atoms with E-state index < -0.39 is 0 Å². The van der Waals surface area contributed by atoms with Crippen LogP contribution in [0, 0.1) is 11.8 Å². The molecule has 76 valence electrons. The Morgan fingerprint density at radius 3 is 3.07 bits per heavy atom. The van der Waals surface area contributed by atoms with Gasteiger partial charge in [-0.1, -0.05) is 6.92 Å². The summed E-state index contributed by atoms with van der Waals surface area (Å²) in [6.45, 7) is 3.31. The van der Waals surface area contributed by atoms with Gasteiger partial charge in [0.25, 0.3) is 0 Å². The minimum atomic E-state index is 0.732. The number of hydrogen-bond donors (Lipinski definition) is 2. The van der Waals surface area contributed by atoms with E-state index in [9.17, 15) is 0 Å². The van der Waals surface area contributed by atoms with Crippen LogP contribution in [0.2, 0.25) is 0 Å². The molecule has 3 heteroatoms. The Morgan fingerprint density at radius 1 is 1.64 bits per heavy atom. The Balaban J connectivity index is 1.87. The van der Waals surface area contributed by atoms with E-state index >= 15 is 0 Å². The lowest BCUT2D eigenvalue weighted by Crippen LogP contribution is -2.13. The molecule has 0 radical (unpaired) electrons. The van der Waals surface area contributed by atoms with Crippen molar-refractivity contribution < 1.29 is 0 Å². The summed E-state index contributed by atoms with van der Waals surface area (Å²) in [5, 5.41) is 3.37. The number of aromatic nitrogens is 1. The van der Waals surface area contributed by atoms with Gasteiger partial charge in [0, 0.05) is 12.7 Å². The number of nitrogens with two attached hydrogens (primary N) is 1. The van der Waals surface area contributed by atoms with Gasteiger partial charge in [0.1, 0.15) is 0 Å². The topological polar surface area (TPSA) is 50.9 Å². The van der Waals surface area contributed by atoms with Crippen LogP contribution in [0.1, 0.15) is 19.8 Å². The van der Waals surface area contributed by atoms with Crippen LogP contribution in [-0.4, -0.2) is 11.5 Å². The van der Waals surface area contributed by atoms with Crippen molar-refractivity contribution in [1.29, 1.82) is 0 Å². The predicted octanol–water partition coefficient (Wildman–Crippen LogP) is 2.12. The summed E-state index contributed by atoms with van der Waals surface area (Å²) in [6.07, 6.45) is 6.24. The van der Waals surface area contributed by atoms with Crippen molar-refractivity contribution in [3.8, 4) is 0 Å². The van der Waals surface area contributed by atoms with E-state index in [0.29, 0.717) is 0 Å². The van der Waals surface area contributed by atoms with E-state index in [0.717, 1.165) is 29.8 Å². The Bertz CT molecular complexity index is 307. The molecular weight excluding hydrogens is 174 g/mol. The third kappa shape index (κ3) is 2.16. The highest BCUT2D eigenvalue weighted by Gasteiger charge is 2.27. The fourth-order valence-corrected chi connectivity index (χ4v) is 1.67. The van der Waals surface area contributed by atoms with Crippen molar-refractivity contribution in [3.63, 3.8) is 0 Å². The molecule has 3 nitrogen and oxygen atoms in total. The first-order chi connectivity index (χ1) is 6.77. The lowest BCUT2D eigenvalue weighted by atomic mass is 10.1. The molecule has 1 aromatic heterocycles. The van der Waals surface area contributed by atoms with Crippen molar-refractivity contribution in [3.05, 3.63) is 18.5 Å². The van der Waals surface area contributed by atoms with Crippen LogP contribution in [0.5, 0.6) is 0 Å². The summed E-state index contributed by atoms with van der Waals surface area (Å²) in [5.41, 5.74) is 7.51. The second kappa shape index (κ2) is 3.86. The van der Waals surface area contributed by atoms with Crippen LogP contribution in [-0.2, 0) is 0 Å². The molecule has 0 aliphatic heterocycles. The van der Waals surface area contributed by atoms with Crippen molar-refractivity contribution in [2.75, 3.05) is 17.6 Å². The van der Waals surface area contributed by atoms with Gasteiger partial charge in [0.05, 0.1) is 17.6 Å². The molecule has 1 saturated carbocycles. The van der Waals surface area contributed by atoms with Crippen LogP contribution in [0.25, 0.3) is 0 Å². The highest BCUT2D eigenvalue weighted by atomic mass is 14.9. The molecule has 0 saturated heterocycles. The van der Waals surface area contributed by atoms with Gasteiger partial charge in [-0.25, -0.2) is 0 Å². The molecular formula is C11H17N3. The van der Waals surface area contributed by atoms with Gasteiger partial charge in [0.2, 0.25) is 0 Å². The van der Waals surface area contributed by atoms with Gasteiger partial charge >= 0.3 is 0 Å². The number of hydrogen-bond acceptors (Lipinski definition) is 3. The largest absolute Gasteiger partial charge is 0.396 e. The summed E-state index contributed by atoms with van der Waals surface area (Å²) >= 11 is 0. The van der Waals surface area contributed by atoms with Gasteiger partial charge in [-0.2, -0.15) is 0 Å². The zero-order valence-corrected chi connectivity index (χ0v) is 8.53. The Morgan fingerprint density at radius 2 is 2.43 bits per heavy atom. The second-order valence-electron chi connectivity index (χ2n) is 4.16. The van der Waals surface area contributed by atoms with Crippen LogP contribution >= 0.6 is 0 Å². The Hall–Kier alpha value is -1.25. The molecule has 0 amide bonds. The van der Waals surface area contributed by atoms with E-state index in [1.54, 1.807) is 12.4 Å². The summed E-state index contributed by atoms with van der Waals surface area (Å²) < 4.78 is 0. The minimum absolute atomic E-state index is 0.732. The molecule has 0 spiro atoms. The molecule has 14 heavy (non-hydrogen) atoms. The zero-order valence-electron chi connectivity index (χ0n) is 8.53. The number of nitrogens with one attached hydrogen (secondary N) is 1. The van der Waals surface area contributed by atoms with Gasteiger partial charge in [-0.15, -0.1) is 0 Å². The first-order valence-corrected chi connectivity index (χ1v) is 5.20. The van der Waals surface area contributed by atoms with Gasteiger partial charge < -0.3 is 11.1 Å². The first-order valence-electron chi connectivity index (χ1n) is 5.20. The zero-order chi connectivity index (χ0) is 9.97. The smallest absolute Gasteiger partial charge is 0.0736 e. The molecule has 1 fully saturated rings. The highest BCUT2D eigenvalue weighted by Crippen LogP contribution is 2.36. The number of rotatable bonds is 4. The maximum absolute atomic E-state index is 5.77. The van der Waals surface area contributed by atoms with Crippen molar-refractivity contribution in [2.24, 2.45) is 11.8 Å². The predicted molar refractivity (Wildman–Crippen MR) is 59.0 cm³/mol. The average molecular weight is 191 g/mol. The summed E-state index contributed by atoms with van der Waals surface area (Å²) in [7, 11) is 0. The molecule has 1 aliphatic carbocycles. The van der Waals surface area contributed by atoms with E-state index in [4.69, 9.17) is 5.73 Å². The first kappa shape index (κ1) is 9.31. The number of anilines is 2. The van der Waals surface area contributed by atoms with E-state index in [-0.39, 0.29) is 0 Å². The normalized spacial score (nSPS) is 17.8. The molecule has 3 N–H and O–H groups in total. The quantitative estimate of drug-likeness (QED) is 0.766. The van der Waals surface area contributed by atoms with Crippen LogP contribution < -0.4 is 11.1 Å². The molecule has 2 rings (SSSR count). The summed E-state index contributed by atoms with van der Waals surface area (Å²) in [6, 6.07) is 1.93. The van der Waals surface area contributed by atoms with Crippen LogP contribution in [0.4, 0.5) is 11.4 Å². The third-order valence-electron chi connectivity index (χ3n) is 2.89. The molecule has 1 atom stereocenters. The maximum Gasteiger partial charge on any atom is 0.0736 e. The fraction of sp³-hybridized carbons (Fsp3) is 0.545. The van der Waals surface area contributed by atoms with E-state index in [1.807, 2.05) is 6.07 Å². The standard InChI is InChI=1S/C11H17N3/c1-8(9-2-3-9)6-14-11-4-5-13-7-10(11)12/h4-5,7-9H,2-3,6,12H2,1H3,(H,13,14). The van der Waals surface area contributed by atoms with E-state index in [1.165, 1.54) is 12.8 Å². The Labute approximate surface area is 84.7 Å². The molecule has 1 aliphatic rings. The summed E-state index contributed by atoms with van der Waals surface area (Å²) in [4.78, 5) is 3.95. The second-order valence-corrected chi connectivity index (χ2v) is 4.16. The van der Waals surface area contributed by atoms with Gasteiger partial charge in [-0.3, -0.25) is 4.98 Å². The minimum Gasteiger partial charge on any atom is -0.396 e. The molecule has 1 unspecified atom stereocenters. The van der Waals surface area contributed by atoms with Gasteiger partial charge in [-0.05, 0) is 30.7 Å². The molecule has 1 aromatic rings. The molecule has 0 bridgehead atoms. The summed E-state index contributed by atoms with van der Waals surface area (Å²) in [5.74, 6) is 1.69.